The van der Waals surface area contributed by atoms with Crippen molar-refractivity contribution in [2.75, 3.05) is 7.11 Å². The van der Waals surface area contributed by atoms with E-state index in [4.69, 9.17) is 0 Å². The number of methoxy groups -OCH3 is 1. The summed E-state index contributed by atoms with van der Waals surface area (Å²) in [6.45, 7) is 0. The third kappa shape index (κ3) is 3.22. The Labute approximate surface area is 87.3 Å². The van der Waals surface area contributed by atoms with E-state index in [0.717, 1.165) is 7.11 Å². The van der Waals surface area contributed by atoms with E-state index in [2.05, 4.69) is 4.74 Å². The Morgan fingerprint density at radius 3 is 2.40 bits per heavy atom. The normalized spacial score (nSPS) is 10.7. The minimum atomic E-state index is -3.73. The average Bonchev–Trinajstić information content (AvgIpc) is 2.27. The van der Waals surface area contributed by atoms with Gasteiger partial charge in [0.2, 0.25) is 0 Å². The van der Waals surface area contributed by atoms with E-state index in [1.54, 1.807) is 18.2 Å². The zero-order chi connectivity index (χ0) is 11.3. The van der Waals surface area contributed by atoms with Crippen LogP contribution in [0.25, 0.3) is 0 Å². The summed E-state index contributed by atoms with van der Waals surface area (Å²) in [6.07, 6.45) is -0.880. The van der Waals surface area contributed by atoms with Gasteiger partial charge in [-0.3, -0.25) is 0 Å². The van der Waals surface area contributed by atoms with E-state index in [1.165, 1.54) is 12.1 Å². The first-order valence-electron chi connectivity index (χ1n) is 3.97. The van der Waals surface area contributed by atoms with Crippen LogP contribution in [0.15, 0.2) is 35.2 Å². The molecule has 0 bridgehead atoms. The predicted octanol–water partition coefficient (Wildman–Crippen LogP) is 0.236. The summed E-state index contributed by atoms with van der Waals surface area (Å²) in [4.78, 5) is 12.6. The second kappa shape index (κ2) is 4.76. The number of ether oxygens (including phenoxy) is 1. The first-order chi connectivity index (χ1) is 7.06. The number of carbonyl (C=O) groups is 1. The molecule has 0 saturated heterocycles. The van der Waals surface area contributed by atoms with E-state index < -0.39 is 16.1 Å². The van der Waals surface area contributed by atoms with Gasteiger partial charge in [-0.05, 0) is 12.1 Å². The molecule has 1 amide bonds. The van der Waals surface area contributed by atoms with Crippen LogP contribution in [0, 0.1) is 0 Å². The van der Waals surface area contributed by atoms with Gasteiger partial charge in [-0.1, -0.05) is 18.2 Å². The molecule has 1 rings (SSSR count). The summed E-state index contributed by atoms with van der Waals surface area (Å²) < 4.78 is 27.1. The Morgan fingerprint density at radius 1 is 1.27 bits per heavy atom. The van der Waals surface area contributed by atoms with Gasteiger partial charge in [0.25, 0.3) is 10.0 Å². The highest BCUT2D eigenvalue weighted by Crippen LogP contribution is 2.05. The van der Waals surface area contributed by atoms with Gasteiger partial charge in [0, 0.05) is 0 Å². The van der Waals surface area contributed by atoms with Gasteiger partial charge in [0.1, 0.15) is 0 Å². The number of amides is 1. The molecule has 1 aromatic rings. The van der Waals surface area contributed by atoms with E-state index in [0.29, 0.717) is 0 Å². The summed E-state index contributed by atoms with van der Waals surface area (Å²) in [5.74, 6) is 0. The number of carbonyl (C=O) groups excluding carboxylic acids is 1. The molecule has 0 unspecified atom stereocenters. The van der Waals surface area contributed by atoms with Crippen LogP contribution in [-0.4, -0.2) is 21.6 Å². The molecule has 2 N–H and O–H groups in total. The van der Waals surface area contributed by atoms with Gasteiger partial charge in [-0.15, -0.1) is 4.83 Å². The summed E-state index contributed by atoms with van der Waals surface area (Å²) >= 11 is 0. The lowest BCUT2D eigenvalue weighted by Gasteiger charge is -2.06. The number of hydrogen-bond acceptors (Lipinski definition) is 4. The van der Waals surface area contributed by atoms with Crippen LogP contribution in [0.4, 0.5) is 4.79 Å². The quantitative estimate of drug-likeness (QED) is 0.728. The largest absolute Gasteiger partial charge is 0.452 e. The first kappa shape index (κ1) is 11.5. The molecule has 0 aliphatic rings. The van der Waals surface area contributed by atoms with E-state index in [1.807, 2.05) is 10.3 Å². The fraction of sp³-hybridized carbons (Fsp3) is 0.125. The van der Waals surface area contributed by atoms with Crippen LogP contribution in [0.2, 0.25) is 0 Å². The van der Waals surface area contributed by atoms with Crippen LogP contribution in [-0.2, 0) is 14.8 Å². The van der Waals surface area contributed by atoms with Crippen LogP contribution in [0.3, 0.4) is 0 Å². The molecule has 82 valence electrons. The number of hydrazine groups is 1. The van der Waals surface area contributed by atoms with Crippen molar-refractivity contribution in [2.24, 2.45) is 0 Å². The SMILES string of the molecule is COC(=O)NNS(=O)(=O)c1ccccc1. The van der Waals surface area contributed by atoms with E-state index in [9.17, 15) is 13.2 Å². The lowest BCUT2D eigenvalue weighted by atomic mass is 10.4. The summed E-state index contributed by atoms with van der Waals surface area (Å²) in [5, 5.41) is 0. The Balaban J connectivity index is 2.73. The van der Waals surface area contributed by atoms with Gasteiger partial charge in [0.15, 0.2) is 0 Å². The smallest absolute Gasteiger partial charge is 0.422 e. The highest BCUT2D eigenvalue weighted by Gasteiger charge is 2.13. The maximum absolute atomic E-state index is 11.5. The van der Waals surface area contributed by atoms with Crippen molar-refractivity contribution in [3.8, 4) is 0 Å². The lowest BCUT2D eigenvalue weighted by molar-refractivity contribution is 0.169. The van der Waals surface area contributed by atoms with Crippen molar-refractivity contribution >= 4 is 16.1 Å². The van der Waals surface area contributed by atoms with Gasteiger partial charge < -0.3 is 4.74 Å². The molecular weight excluding hydrogens is 220 g/mol. The Bertz CT molecular complexity index is 429. The van der Waals surface area contributed by atoms with Crippen LogP contribution in [0.5, 0.6) is 0 Å². The van der Waals surface area contributed by atoms with Gasteiger partial charge in [-0.25, -0.2) is 18.6 Å². The Morgan fingerprint density at radius 2 is 1.87 bits per heavy atom. The molecule has 0 spiro atoms. The molecular formula is C8H10N2O4S. The summed E-state index contributed by atoms with van der Waals surface area (Å²) in [7, 11) is -2.60. The second-order valence-electron chi connectivity index (χ2n) is 2.54. The molecule has 0 aliphatic carbocycles. The molecule has 1 aromatic carbocycles. The van der Waals surface area contributed by atoms with Crippen molar-refractivity contribution in [1.29, 1.82) is 0 Å². The highest BCUT2D eigenvalue weighted by molar-refractivity contribution is 7.89. The maximum Gasteiger partial charge on any atom is 0.422 e. The zero-order valence-corrected chi connectivity index (χ0v) is 8.74. The maximum atomic E-state index is 11.5. The lowest BCUT2D eigenvalue weighted by Crippen LogP contribution is -2.41. The molecule has 0 aliphatic heterocycles. The topological polar surface area (TPSA) is 84.5 Å². The molecule has 0 aromatic heterocycles. The van der Waals surface area contributed by atoms with E-state index in [-0.39, 0.29) is 4.90 Å². The fourth-order valence-corrected chi connectivity index (χ4v) is 1.67. The molecule has 15 heavy (non-hydrogen) atoms. The van der Waals surface area contributed by atoms with Crippen molar-refractivity contribution in [1.82, 2.24) is 10.3 Å². The van der Waals surface area contributed by atoms with Crippen LogP contribution in [0.1, 0.15) is 0 Å². The number of rotatable bonds is 3. The molecule has 0 saturated carbocycles. The molecule has 0 fully saturated rings. The van der Waals surface area contributed by atoms with Crippen LogP contribution < -0.4 is 10.3 Å². The zero-order valence-electron chi connectivity index (χ0n) is 7.93. The van der Waals surface area contributed by atoms with Crippen molar-refractivity contribution in [2.45, 2.75) is 4.90 Å². The third-order valence-electron chi connectivity index (χ3n) is 1.53. The molecule has 0 atom stereocenters. The number of sulfonamides is 1. The van der Waals surface area contributed by atoms with Gasteiger partial charge in [-0.2, -0.15) is 0 Å². The van der Waals surface area contributed by atoms with Gasteiger partial charge in [0.05, 0.1) is 12.0 Å². The summed E-state index contributed by atoms with van der Waals surface area (Å²) in [6, 6.07) is 7.65. The third-order valence-corrected chi connectivity index (χ3v) is 2.79. The first-order valence-corrected chi connectivity index (χ1v) is 5.45. The predicted molar refractivity (Wildman–Crippen MR) is 52.3 cm³/mol. The minimum absolute atomic E-state index is 0.0569. The fourth-order valence-electron chi connectivity index (χ4n) is 0.818. The Hall–Kier alpha value is -1.60. The van der Waals surface area contributed by atoms with Gasteiger partial charge >= 0.3 is 6.09 Å². The minimum Gasteiger partial charge on any atom is -0.452 e. The second-order valence-corrected chi connectivity index (χ2v) is 4.22. The number of hydrogen-bond donors (Lipinski definition) is 2. The highest BCUT2D eigenvalue weighted by atomic mass is 32.2. The molecule has 0 heterocycles. The average molecular weight is 230 g/mol. The van der Waals surface area contributed by atoms with Crippen molar-refractivity contribution < 1.29 is 17.9 Å². The molecule has 7 heteroatoms. The van der Waals surface area contributed by atoms with E-state index >= 15 is 0 Å². The molecule has 6 nitrogen and oxygen atoms in total. The number of nitrogens with one attached hydrogen (secondary N) is 2. The van der Waals surface area contributed by atoms with Crippen molar-refractivity contribution in [3.05, 3.63) is 30.3 Å². The Kier molecular flexibility index (Phi) is 3.64. The number of benzene rings is 1. The summed E-state index contributed by atoms with van der Waals surface area (Å²) in [5.41, 5.74) is 1.87. The monoisotopic (exact) mass is 230 g/mol. The van der Waals surface area contributed by atoms with Crippen molar-refractivity contribution in [3.63, 3.8) is 0 Å². The molecule has 0 radical (unpaired) electrons. The van der Waals surface area contributed by atoms with Crippen LogP contribution >= 0.6 is 0 Å². The standard InChI is InChI=1S/C8H10N2O4S/c1-14-8(11)9-10-15(12,13)7-5-3-2-4-6-7/h2-6,10H,1H3,(H,9,11).